The summed E-state index contributed by atoms with van der Waals surface area (Å²) >= 11 is 0. The first-order valence-corrected chi connectivity index (χ1v) is 9.38. The van der Waals surface area contributed by atoms with Gasteiger partial charge in [0.2, 0.25) is 11.8 Å². The molecule has 9 heteroatoms. The number of hydrogen-bond donors (Lipinski definition) is 0. The molecule has 0 bridgehead atoms. The van der Waals surface area contributed by atoms with Gasteiger partial charge in [-0.3, -0.25) is 19.3 Å². The molecule has 0 spiro atoms. The van der Waals surface area contributed by atoms with Crippen LogP contribution in [0.5, 0.6) is 5.75 Å². The summed E-state index contributed by atoms with van der Waals surface area (Å²) in [5.41, 5.74) is 0.00865. The third-order valence-corrected chi connectivity index (χ3v) is 5.12. The fourth-order valence-electron chi connectivity index (χ4n) is 3.60. The predicted octanol–water partition coefficient (Wildman–Crippen LogP) is 1.51. The monoisotopic (exact) mass is 415 g/mol. The lowest BCUT2D eigenvalue weighted by Gasteiger charge is -2.14. The van der Waals surface area contributed by atoms with Crippen LogP contribution < -0.4 is 4.74 Å². The van der Waals surface area contributed by atoms with Crippen molar-refractivity contribution < 1.29 is 38.2 Å². The van der Waals surface area contributed by atoms with Gasteiger partial charge in [0.1, 0.15) is 5.75 Å². The van der Waals surface area contributed by atoms with Gasteiger partial charge in [-0.1, -0.05) is 12.2 Å². The van der Waals surface area contributed by atoms with E-state index in [0.717, 1.165) is 4.90 Å². The molecular formula is C21H21NO8. The van der Waals surface area contributed by atoms with E-state index in [1.165, 1.54) is 32.4 Å². The molecule has 9 nitrogen and oxygen atoms in total. The van der Waals surface area contributed by atoms with Crippen molar-refractivity contribution in [2.45, 2.75) is 19.3 Å². The highest BCUT2D eigenvalue weighted by molar-refractivity contribution is 6.05. The van der Waals surface area contributed by atoms with Crippen LogP contribution in [0.1, 0.15) is 40.0 Å². The SMILES string of the molecule is COC(=O)c1cc(OC(=O)CCN2C(=O)[C@@H]3CC=CC[C@H]3C2=O)cc(C(=O)OC)c1. The van der Waals surface area contributed by atoms with Crippen molar-refractivity contribution >= 4 is 29.7 Å². The van der Waals surface area contributed by atoms with Crippen LogP contribution in [-0.4, -0.2) is 55.4 Å². The molecule has 1 aliphatic carbocycles. The Morgan fingerprint density at radius 2 is 1.40 bits per heavy atom. The molecule has 2 aliphatic rings. The standard InChI is InChI=1S/C21H21NO8/c1-28-20(26)12-9-13(21(27)29-2)11-14(10-12)30-17(23)7-8-22-18(24)15-5-3-4-6-16(15)19(22)25/h3-4,9-11,15-16H,5-8H2,1-2H3/t15-,16-/m1/s1. The second kappa shape index (κ2) is 8.89. The first-order valence-electron chi connectivity index (χ1n) is 9.38. The van der Waals surface area contributed by atoms with Gasteiger partial charge in [-0.2, -0.15) is 0 Å². The first-order chi connectivity index (χ1) is 14.3. The normalized spacial score (nSPS) is 20.0. The van der Waals surface area contributed by atoms with Gasteiger partial charge in [-0.25, -0.2) is 9.59 Å². The first kappa shape index (κ1) is 21.2. The van der Waals surface area contributed by atoms with Crippen LogP contribution >= 0.6 is 0 Å². The number of allylic oxidation sites excluding steroid dienone is 2. The Hall–Kier alpha value is -3.49. The molecule has 0 radical (unpaired) electrons. The molecule has 0 N–H and O–H groups in total. The van der Waals surface area contributed by atoms with Crippen LogP contribution in [0.25, 0.3) is 0 Å². The molecule has 1 saturated heterocycles. The molecule has 158 valence electrons. The second-order valence-corrected chi connectivity index (χ2v) is 6.94. The third-order valence-electron chi connectivity index (χ3n) is 5.12. The molecule has 1 fully saturated rings. The number of imide groups is 1. The predicted molar refractivity (Wildman–Crippen MR) is 101 cm³/mol. The summed E-state index contributed by atoms with van der Waals surface area (Å²) in [6.07, 6.45) is 4.59. The summed E-state index contributed by atoms with van der Waals surface area (Å²) < 4.78 is 14.5. The molecule has 2 amide bonds. The number of nitrogens with zero attached hydrogens (tertiary/aromatic N) is 1. The van der Waals surface area contributed by atoms with Crippen LogP contribution in [0.2, 0.25) is 0 Å². The van der Waals surface area contributed by atoms with Crippen molar-refractivity contribution in [1.29, 1.82) is 0 Å². The molecule has 2 atom stereocenters. The van der Waals surface area contributed by atoms with E-state index >= 15 is 0 Å². The molecule has 1 aromatic rings. The Balaban J connectivity index is 1.67. The lowest BCUT2D eigenvalue weighted by atomic mass is 9.85. The largest absolute Gasteiger partial charge is 0.465 e. The van der Waals surface area contributed by atoms with E-state index in [9.17, 15) is 24.0 Å². The lowest BCUT2D eigenvalue weighted by molar-refractivity contribution is -0.141. The van der Waals surface area contributed by atoms with E-state index in [1.807, 2.05) is 12.2 Å². The number of benzene rings is 1. The number of methoxy groups -OCH3 is 2. The van der Waals surface area contributed by atoms with E-state index in [0.29, 0.717) is 12.8 Å². The Kier molecular flexibility index (Phi) is 6.29. The van der Waals surface area contributed by atoms with Crippen molar-refractivity contribution in [1.82, 2.24) is 4.90 Å². The van der Waals surface area contributed by atoms with Gasteiger partial charge in [0.05, 0.1) is 43.6 Å². The van der Waals surface area contributed by atoms with Crippen LogP contribution in [0.4, 0.5) is 0 Å². The van der Waals surface area contributed by atoms with Crippen LogP contribution in [0, 0.1) is 11.8 Å². The number of carbonyl (C=O) groups is 5. The van der Waals surface area contributed by atoms with Crippen LogP contribution in [0.15, 0.2) is 30.4 Å². The smallest absolute Gasteiger partial charge is 0.338 e. The Bertz CT molecular complexity index is 875. The van der Waals surface area contributed by atoms with Crippen LogP contribution in [-0.2, 0) is 23.9 Å². The Morgan fingerprint density at radius 3 is 1.87 bits per heavy atom. The average molecular weight is 415 g/mol. The van der Waals surface area contributed by atoms with Crippen molar-refractivity contribution in [2.24, 2.45) is 11.8 Å². The van der Waals surface area contributed by atoms with Gasteiger partial charge in [0.15, 0.2) is 0 Å². The fraction of sp³-hybridized carbons (Fsp3) is 0.381. The molecule has 0 unspecified atom stereocenters. The molecule has 0 aromatic heterocycles. The molecule has 3 rings (SSSR count). The number of carbonyl (C=O) groups excluding carboxylic acids is 5. The number of ether oxygens (including phenoxy) is 3. The van der Waals surface area contributed by atoms with Gasteiger partial charge < -0.3 is 14.2 Å². The minimum absolute atomic E-state index is 0.00433. The average Bonchev–Trinajstić information content (AvgIpc) is 3.00. The number of amides is 2. The topological polar surface area (TPSA) is 116 Å². The van der Waals surface area contributed by atoms with E-state index in [2.05, 4.69) is 9.47 Å². The summed E-state index contributed by atoms with van der Waals surface area (Å²) in [5, 5.41) is 0. The maximum Gasteiger partial charge on any atom is 0.338 e. The summed E-state index contributed by atoms with van der Waals surface area (Å²) in [7, 11) is 2.35. The summed E-state index contributed by atoms with van der Waals surface area (Å²) in [5.74, 6) is -3.49. The highest BCUT2D eigenvalue weighted by atomic mass is 16.5. The molecule has 1 aliphatic heterocycles. The van der Waals surface area contributed by atoms with E-state index < -0.39 is 17.9 Å². The maximum absolute atomic E-state index is 12.4. The summed E-state index contributed by atoms with van der Waals surface area (Å²) in [6.45, 7) is -0.0932. The number of fused-ring (bicyclic) bond motifs is 1. The lowest BCUT2D eigenvalue weighted by Crippen LogP contribution is -2.33. The molecule has 30 heavy (non-hydrogen) atoms. The third kappa shape index (κ3) is 4.24. The van der Waals surface area contributed by atoms with E-state index in [1.54, 1.807) is 0 Å². The highest BCUT2D eigenvalue weighted by Crippen LogP contribution is 2.35. The van der Waals surface area contributed by atoms with Crippen molar-refractivity contribution in [3.8, 4) is 5.75 Å². The maximum atomic E-state index is 12.4. The number of likely N-dealkylation sites (tertiary alicyclic amines) is 1. The zero-order chi connectivity index (χ0) is 21.8. The fourth-order valence-corrected chi connectivity index (χ4v) is 3.60. The zero-order valence-corrected chi connectivity index (χ0v) is 16.6. The van der Waals surface area contributed by atoms with Gasteiger partial charge in [-0.15, -0.1) is 0 Å². The van der Waals surface area contributed by atoms with Crippen molar-refractivity contribution in [3.05, 3.63) is 41.5 Å². The van der Waals surface area contributed by atoms with E-state index in [4.69, 9.17) is 4.74 Å². The van der Waals surface area contributed by atoms with Gasteiger partial charge in [0.25, 0.3) is 0 Å². The number of esters is 3. The van der Waals surface area contributed by atoms with Crippen molar-refractivity contribution in [2.75, 3.05) is 20.8 Å². The van der Waals surface area contributed by atoms with Gasteiger partial charge in [-0.05, 0) is 31.0 Å². The molecule has 0 saturated carbocycles. The molecular weight excluding hydrogens is 394 g/mol. The Morgan fingerprint density at radius 1 is 0.900 bits per heavy atom. The molecule has 1 heterocycles. The number of rotatable bonds is 6. The second-order valence-electron chi connectivity index (χ2n) is 6.94. The Labute approximate surface area is 172 Å². The minimum atomic E-state index is -0.721. The van der Waals surface area contributed by atoms with Crippen LogP contribution in [0.3, 0.4) is 0 Å². The van der Waals surface area contributed by atoms with Gasteiger partial charge >= 0.3 is 17.9 Å². The zero-order valence-electron chi connectivity index (χ0n) is 16.6. The van der Waals surface area contributed by atoms with Gasteiger partial charge in [0, 0.05) is 6.54 Å². The molecule has 1 aromatic carbocycles. The summed E-state index contributed by atoms with van der Waals surface area (Å²) in [6, 6.07) is 3.76. The van der Waals surface area contributed by atoms with Crippen molar-refractivity contribution in [3.63, 3.8) is 0 Å². The minimum Gasteiger partial charge on any atom is -0.465 e. The van der Waals surface area contributed by atoms with E-state index in [-0.39, 0.29) is 53.5 Å². The number of hydrogen-bond acceptors (Lipinski definition) is 8. The quantitative estimate of drug-likeness (QED) is 0.297. The summed E-state index contributed by atoms with van der Waals surface area (Å²) in [4.78, 5) is 61.9. The highest BCUT2D eigenvalue weighted by Gasteiger charge is 2.46.